The molecule has 2 heterocycles. The van der Waals surface area contributed by atoms with E-state index in [9.17, 15) is 9.59 Å². The molecule has 1 amide bonds. The van der Waals surface area contributed by atoms with Gasteiger partial charge in [0.05, 0.1) is 25.9 Å². The van der Waals surface area contributed by atoms with E-state index in [0.29, 0.717) is 30.9 Å². The van der Waals surface area contributed by atoms with Gasteiger partial charge >= 0.3 is 5.97 Å². The van der Waals surface area contributed by atoms with E-state index in [-0.39, 0.29) is 24.1 Å². The van der Waals surface area contributed by atoms with Crippen LogP contribution in [0.2, 0.25) is 0 Å². The monoisotopic (exact) mass is 475 g/mol. The van der Waals surface area contributed by atoms with Crippen molar-refractivity contribution in [1.82, 2.24) is 24.6 Å². The molecule has 9 nitrogen and oxygen atoms in total. The molecular formula is C23H33N5O4S. The van der Waals surface area contributed by atoms with E-state index in [0.717, 1.165) is 37.4 Å². The van der Waals surface area contributed by atoms with Crippen LogP contribution in [0.5, 0.6) is 5.75 Å². The van der Waals surface area contributed by atoms with Crippen LogP contribution in [0.3, 0.4) is 0 Å². The van der Waals surface area contributed by atoms with Crippen LogP contribution in [0.1, 0.15) is 33.1 Å². The molecule has 1 fully saturated rings. The Morgan fingerprint density at radius 3 is 2.73 bits per heavy atom. The fourth-order valence-corrected chi connectivity index (χ4v) is 4.84. The van der Waals surface area contributed by atoms with Crippen LogP contribution >= 0.6 is 11.8 Å². The second-order valence-electron chi connectivity index (χ2n) is 7.79. The lowest BCUT2D eigenvalue weighted by molar-refractivity contribution is -0.144. The molecule has 33 heavy (non-hydrogen) atoms. The van der Waals surface area contributed by atoms with Crippen molar-refractivity contribution in [3.63, 3.8) is 0 Å². The molecule has 0 saturated carbocycles. The molecule has 180 valence electrons. The van der Waals surface area contributed by atoms with Gasteiger partial charge in [-0.2, -0.15) is 0 Å². The summed E-state index contributed by atoms with van der Waals surface area (Å²) in [6, 6.07) is 7.90. The number of methoxy groups -OCH3 is 1. The molecule has 1 atom stereocenters. The average molecular weight is 476 g/mol. The van der Waals surface area contributed by atoms with E-state index in [1.807, 2.05) is 28.8 Å². The summed E-state index contributed by atoms with van der Waals surface area (Å²) in [5.74, 6) is 0.690. The fraction of sp³-hybridized carbons (Fsp3) is 0.565. The Hall–Kier alpha value is -2.59. The standard InChI is InChI=1S/C23H33N5O4S/c1-4-26-13-6-7-19(26)15-27(14-12-22(30)32-5-2)21(29)16-33-23-25-24-17-28(23)18-8-10-20(31-3)11-9-18/h8-11,17,19H,4-7,12-16H2,1-3H3. The molecule has 1 aliphatic heterocycles. The third kappa shape index (κ3) is 6.94. The second-order valence-corrected chi connectivity index (χ2v) is 8.73. The average Bonchev–Trinajstić information content (AvgIpc) is 3.49. The summed E-state index contributed by atoms with van der Waals surface area (Å²) < 4.78 is 12.1. The highest BCUT2D eigenvalue weighted by Gasteiger charge is 2.27. The summed E-state index contributed by atoms with van der Waals surface area (Å²) >= 11 is 1.34. The highest BCUT2D eigenvalue weighted by atomic mass is 32.2. The number of ether oxygens (including phenoxy) is 2. The number of hydrogen-bond acceptors (Lipinski definition) is 8. The van der Waals surface area contributed by atoms with Gasteiger partial charge in [-0.25, -0.2) is 0 Å². The van der Waals surface area contributed by atoms with Gasteiger partial charge in [0, 0.05) is 24.8 Å². The van der Waals surface area contributed by atoms with E-state index in [4.69, 9.17) is 9.47 Å². The summed E-state index contributed by atoms with van der Waals surface area (Å²) in [7, 11) is 1.62. The van der Waals surface area contributed by atoms with E-state index in [1.165, 1.54) is 11.8 Å². The van der Waals surface area contributed by atoms with Crippen LogP contribution in [0.25, 0.3) is 5.69 Å². The predicted molar refractivity (Wildman–Crippen MR) is 127 cm³/mol. The fourth-order valence-electron chi connectivity index (χ4n) is 4.01. The number of amides is 1. The zero-order valence-corrected chi connectivity index (χ0v) is 20.4. The number of carbonyl (C=O) groups is 2. The number of aromatic nitrogens is 3. The van der Waals surface area contributed by atoms with Crippen LogP contribution in [0, 0.1) is 0 Å². The maximum absolute atomic E-state index is 13.2. The lowest BCUT2D eigenvalue weighted by atomic mass is 10.2. The summed E-state index contributed by atoms with van der Waals surface area (Å²) in [4.78, 5) is 29.3. The van der Waals surface area contributed by atoms with Gasteiger partial charge in [-0.3, -0.25) is 19.1 Å². The van der Waals surface area contributed by atoms with Gasteiger partial charge in [0.25, 0.3) is 0 Å². The van der Waals surface area contributed by atoms with Gasteiger partial charge < -0.3 is 14.4 Å². The van der Waals surface area contributed by atoms with Crippen molar-refractivity contribution in [3.8, 4) is 11.4 Å². The van der Waals surface area contributed by atoms with E-state index < -0.39 is 0 Å². The first-order valence-electron chi connectivity index (χ1n) is 11.4. The molecular weight excluding hydrogens is 442 g/mol. The summed E-state index contributed by atoms with van der Waals surface area (Å²) in [6.45, 7) is 7.27. The molecule has 0 aliphatic carbocycles. The minimum absolute atomic E-state index is 0.0171. The van der Waals surface area contributed by atoms with Gasteiger partial charge in [-0.15, -0.1) is 10.2 Å². The number of rotatable bonds is 12. The number of esters is 1. The van der Waals surface area contributed by atoms with E-state index >= 15 is 0 Å². The molecule has 0 bridgehead atoms. The number of likely N-dealkylation sites (N-methyl/N-ethyl adjacent to an activating group) is 1. The molecule has 1 aromatic heterocycles. The number of nitrogens with zero attached hydrogens (tertiary/aromatic N) is 5. The van der Waals surface area contributed by atoms with Crippen molar-refractivity contribution in [1.29, 1.82) is 0 Å². The largest absolute Gasteiger partial charge is 0.497 e. The van der Waals surface area contributed by atoms with Crippen molar-refractivity contribution >= 4 is 23.6 Å². The summed E-state index contributed by atoms with van der Waals surface area (Å²) in [6.07, 6.45) is 4.03. The lowest BCUT2D eigenvalue weighted by Crippen LogP contribution is -2.44. The molecule has 0 N–H and O–H groups in total. The van der Waals surface area contributed by atoms with Gasteiger partial charge in [0.2, 0.25) is 5.91 Å². The van der Waals surface area contributed by atoms with Crippen molar-refractivity contribution in [2.24, 2.45) is 0 Å². The molecule has 10 heteroatoms. The smallest absolute Gasteiger partial charge is 0.307 e. The molecule has 3 rings (SSSR count). The minimum atomic E-state index is -0.277. The Morgan fingerprint density at radius 2 is 2.03 bits per heavy atom. The molecule has 1 aromatic carbocycles. The Morgan fingerprint density at radius 1 is 1.24 bits per heavy atom. The third-order valence-corrected chi connectivity index (χ3v) is 6.70. The van der Waals surface area contributed by atoms with Crippen LogP contribution in [0.4, 0.5) is 0 Å². The summed E-state index contributed by atoms with van der Waals surface area (Å²) in [5.41, 5.74) is 0.888. The first-order valence-corrected chi connectivity index (χ1v) is 12.4. The highest BCUT2D eigenvalue weighted by molar-refractivity contribution is 7.99. The highest BCUT2D eigenvalue weighted by Crippen LogP contribution is 2.23. The first-order chi connectivity index (χ1) is 16.0. The number of hydrogen-bond donors (Lipinski definition) is 0. The van der Waals surface area contributed by atoms with E-state index in [2.05, 4.69) is 22.0 Å². The number of thioether (sulfide) groups is 1. The first kappa shape index (κ1) is 25.0. The molecule has 1 aliphatic rings. The van der Waals surface area contributed by atoms with Crippen molar-refractivity contribution < 1.29 is 19.1 Å². The SMILES string of the molecule is CCOC(=O)CCN(CC1CCCN1CC)C(=O)CSc1nncn1-c1ccc(OC)cc1. The van der Waals surface area contributed by atoms with Gasteiger partial charge in [0.15, 0.2) is 5.16 Å². The minimum Gasteiger partial charge on any atom is -0.497 e. The number of likely N-dealkylation sites (tertiary alicyclic amines) is 1. The van der Waals surface area contributed by atoms with Crippen LogP contribution < -0.4 is 4.74 Å². The van der Waals surface area contributed by atoms with Crippen LogP contribution in [-0.4, -0.2) is 88.1 Å². The van der Waals surface area contributed by atoms with Gasteiger partial charge in [0.1, 0.15) is 12.1 Å². The second kappa shape index (κ2) is 12.6. The molecule has 1 unspecified atom stereocenters. The predicted octanol–water partition coefficient (Wildman–Crippen LogP) is 2.63. The Bertz CT molecular complexity index is 905. The molecule has 0 radical (unpaired) electrons. The Labute approximate surface area is 199 Å². The summed E-state index contributed by atoms with van der Waals surface area (Å²) in [5, 5.41) is 8.84. The Kier molecular flexibility index (Phi) is 9.56. The van der Waals surface area contributed by atoms with Crippen molar-refractivity contribution in [2.75, 3.05) is 45.6 Å². The van der Waals surface area contributed by atoms with Crippen LogP contribution in [0.15, 0.2) is 35.7 Å². The maximum atomic E-state index is 13.2. The maximum Gasteiger partial charge on any atom is 0.307 e. The zero-order chi connectivity index (χ0) is 23.6. The molecule has 1 saturated heterocycles. The van der Waals surface area contributed by atoms with Gasteiger partial charge in [-0.1, -0.05) is 18.7 Å². The topological polar surface area (TPSA) is 89.8 Å². The lowest BCUT2D eigenvalue weighted by Gasteiger charge is -2.30. The normalized spacial score (nSPS) is 16.0. The zero-order valence-electron chi connectivity index (χ0n) is 19.6. The quantitative estimate of drug-likeness (QED) is 0.342. The van der Waals surface area contributed by atoms with Crippen LogP contribution in [-0.2, 0) is 14.3 Å². The number of benzene rings is 1. The van der Waals surface area contributed by atoms with Crippen molar-refractivity contribution in [3.05, 3.63) is 30.6 Å². The molecule has 2 aromatic rings. The van der Waals surface area contributed by atoms with Gasteiger partial charge in [-0.05, 0) is 57.1 Å². The third-order valence-electron chi connectivity index (χ3n) is 5.77. The Balaban J connectivity index is 1.65. The van der Waals surface area contributed by atoms with E-state index in [1.54, 1.807) is 25.3 Å². The molecule has 0 spiro atoms. The van der Waals surface area contributed by atoms with Crippen molar-refractivity contribution in [2.45, 2.75) is 44.3 Å². The number of carbonyl (C=O) groups excluding carboxylic acids is 2.